The number of Topliss-reactive ketones (excluding diaryl/α,β-unsaturated/α-hetero) is 1. The van der Waals surface area contributed by atoms with Crippen LogP contribution in [0.2, 0.25) is 0 Å². The van der Waals surface area contributed by atoms with Gasteiger partial charge in [0.05, 0.1) is 12.2 Å². The smallest absolute Gasteiger partial charge is 0.159 e. The highest BCUT2D eigenvalue weighted by Gasteiger charge is 2.35. The summed E-state index contributed by atoms with van der Waals surface area (Å²) in [6.07, 6.45) is 12.0. The molecule has 3 heteroatoms. The fourth-order valence-corrected chi connectivity index (χ4v) is 3.38. The van der Waals surface area contributed by atoms with Gasteiger partial charge in [0.1, 0.15) is 0 Å². The quantitative estimate of drug-likeness (QED) is 0.665. The number of allylic oxidation sites excluding steroid dienone is 4. The first kappa shape index (κ1) is 17.6. The number of ketones is 1. The third-order valence-corrected chi connectivity index (χ3v) is 4.87. The van der Waals surface area contributed by atoms with Gasteiger partial charge in [0.15, 0.2) is 5.78 Å². The summed E-state index contributed by atoms with van der Waals surface area (Å²) in [4.78, 5) is 11.5. The lowest BCUT2D eigenvalue weighted by atomic mass is 9.83. The number of nitrogens with one attached hydrogen (secondary N) is 1. The molecule has 0 saturated carbocycles. The van der Waals surface area contributed by atoms with Crippen LogP contribution in [-0.2, 0) is 4.74 Å². The van der Waals surface area contributed by atoms with Crippen LogP contribution in [0.15, 0.2) is 66.8 Å². The van der Waals surface area contributed by atoms with E-state index in [9.17, 15) is 4.79 Å². The molecule has 0 radical (unpaired) electrons. The summed E-state index contributed by atoms with van der Waals surface area (Å²) in [6, 6.07) is 7.88. The lowest BCUT2D eigenvalue weighted by Crippen LogP contribution is -2.44. The highest BCUT2D eigenvalue weighted by atomic mass is 16.5. The second kappa shape index (κ2) is 7.77. The minimum atomic E-state index is -0.181. The molecule has 0 unspecified atom stereocenters. The van der Waals surface area contributed by atoms with Gasteiger partial charge in [0.25, 0.3) is 0 Å². The predicted octanol–water partition coefficient (Wildman–Crippen LogP) is 4.09. The molecular formula is C22H25NO2. The second-order valence-corrected chi connectivity index (χ2v) is 6.61. The van der Waals surface area contributed by atoms with Crippen LogP contribution < -0.4 is 5.32 Å². The summed E-state index contributed by atoms with van der Waals surface area (Å²) in [5, 5.41) is 3.40. The van der Waals surface area contributed by atoms with E-state index in [0.717, 1.165) is 42.6 Å². The molecule has 2 heterocycles. The van der Waals surface area contributed by atoms with Crippen LogP contribution in [-0.4, -0.2) is 31.1 Å². The molecule has 3 rings (SSSR count). The number of hydrogen-bond donors (Lipinski definition) is 1. The van der Waals surface area contributed by atoms with Crippen molar-refractivity contribution in [2.75, 3.05) is 19.7 Å². The molecule has 0 amide bonds. The normalized spacial score (nSPS) is 21.5. The van der Waals surface area contributed by atoms with Gasteiger partial charge in [0.2, 0.25) is 0 Å². The molecule has 25 heavy (non-hydrogen) atoms. The maximum absolute atomic E-state index is 11.5. The van der Waals surface area contributed by atoms with Crippen molar-refractivity contribution in [3.8, 4) is 0 Å². The summed E-state index contributed by atoms with van der Waals surface area (Å²) < 4.78 is 6.26. The topological polar surface area (TPSA) is 38.3 Å². The van der Waals surface area contributed by atoms with Gasteiger partial charge in [0, 0.05) is 5.56 Å². The molecular weight excluding hydrogens is 310 g/mol. The van der Waals surface area contributed by atoms with Gasteiger partial charge < -0.3 is 10.1 Å². The van der Waals surface area contributed by atoms with Crippen molar-refractivity contribution < 1.29 is 9.53 Å². The average Bonchev–Trinajstić information content (AvgIpc) is 2.64. The fraction of sp³-hybridized carbons (Fsp3) is 0.318. The number of hydrogen-bond acceptors (Lipinski definition) is 3. The Balaban J connectivity index is 2.00. The van der Waals surface area contributed by atoms with Crippen LogP contribution in [0, 0.1) is 0 Å². The van der Waals surface area contributed by atoms with Crippen molar-refractivity contribution in [2.24, 2.45) is 0 Å². The van der Waals surface area contributed by atoms with E-state index in [1.807, 2.05) is 36.4 Å². The first-order chi connectivity index (χ1) is 12.1. The highest BCUT2D eigenvalue weighted by molar-refractivity contribution is 5.94. The molecule has 1 saturated heterocycles. The van der Waals surface area contributed by atoms with Gasteiger partial charge in [-0.25, -0.2) is 0 Å². The largest absolute Gasteiger partial charge is 0.366 e. The van der Waals surface area contributed by atoms with E-state index in [1.54, 1.807) is 13.0 Å². The summed E-state index contributed by atoms with van der Waals surface area (Å²) >= 11 is 0. The summed E-state index contributed by atoms with van der Waals surface area (Å²) in [5.41, 5.74) is 4.05. The molecule has 0 aliphatic carbocycles. The molecule has 1 fully saturated rings. The average molecular weight is 335 g/mol. The SMILES string of the molecule is C=C/C=C\C=C1/COC2(C=C1c1ccc(C(C)=O)cc1)CCNCC2. The molecule has 0 bridgehead atoms. The van der Waals surface area contributed by atoms with Gasteiger partial charge >= 0.3 is 0 Å². The van der Waals surface area contributed by atoms with Crippen LogP contribution >= 0.6 is 0 Å². The Morgan fingerprint density at radius 2 is 1.92 bits per heavy atom. The Hall–Kier alpha value is -2.23. The van der Waals surface area contributed by atoms with Gasteiger partial charge in [-0.1, -0.05) is 55.1 Å². The zero-order chi connectivity index (χ0) is 17.7. The number of ether oxygens (including phenoxy) is 1. The number of rotatable bonds is 4. The molecule has 1 N–H and O–H groups in total. The van der Waals surface area contributed by atoms with E-state index in [0.29, 0.717) is 6.61 Å². The summed E-state index contributed by atoms with van der Waals surface area (Å²) in [6.45, 7) is 7.86. The van der Waals surface area contributed by atoms with Crippen molar-refractivity contribution >= 4 is 11.4 Å². The number of carbonyl (C=O) groups excluding carboxylic acids is 1. The number of piperidine rings is 1. The van der Waals surface area contributed by atoms with Crippen LogP contribution in [0.25, 0.3) is 5.57 Å². The van der Waals surface area contributed by atoms with Crippen LogP contribution in [0.3, 0.4) is 0 Å². The molecule has 0 atom stereocenters. The van der Waals surface area contributed by atoms with Gasteiger partial charge in [-0.05, 0) is 55.6 Å². The third-order valence-electron chi connectivity index (χ3n) is 4.87. The Bertz CT molecular complexity index is 732. The number of carbonyl (C=O) groups is 1. The zero-order valence-corrected chi connectivity index (χ0v) is 14.8. The molecule has 1 aromatic rings. The molecule has 2 aliphatic rings. The lowest BCUT2D eigenvalue weighted by Gasteiger charge is -2.39. The molecule has 1 spiro atoms. The molecule has 2 aliphatic heterocycles. The van der Waals surface area contributed by atoms with Crippen LogP contribution in [0.1, 0.15) is 35.7 Å². The Morgan fingerprint density at radius 3 is 2.56 bits per heavy atom. The van der Waals surface area contributed by atoms with Gasteiger partial charge in [-0.2, -0.15) is 0 Å². The second-order valence-electron chi connectivity index (χ2n) is 6.61. The minimum Gasteiger partial charge on any atom is -0.366 e. The molecule has 3 nitrogen and oxygen atoms in total. The highest BCUT2D eigenvalue weighted by Crippen LogP contribution is 2.37. The monoisotopic (exact) mass is 335 g/mol. The molecule has 1 aromatic carbocycles. The summed E-state index contributed by atoms with van der Waals surface area (Å²) in [7, 11) is 0. The Kier molecular flexibility index (Phi) is 5.47. The van der Waals surface area contributed by atoms with E-state index in [4.69, 9.17) is 4.74 Å². The minimum absolute atomic E-state index is 0.0898. The third kappa shape index (κ3) is 4.06. The predicted molar refractivity (Wildman–Crippen MR) is 103 cm³/mol. The lowest BCUT2D eigenvalue weighted by molar-refractivity contribution is -0.0198. The van der Waals surface area contributed by atoms with Crippen molar-refractivity contribution in [1.82, 2.24) is 5.32 Å². The first-order valence-electron chi connectivity index (χ1n) is 8.81. The molecule has 0 aromatic heterocycles. The molecule has 130 valence electrons. The number of benzene rings is 1. The van der Waals surface area contributed by atoms with E-state index in [1.165, 1.54) is 5.57 Å². The van der Waals surface area contributed by atoms with Crippen molar-refractivity contribution in [3.63, 3.8) is 0 Å². The Morgan fingerprint density at radius 1 is 1.20 bits per heavy atom. The maximum atomic E-state index is 11.5. The standard InChI is InChI=1S/C22H25NO2/c1-3-4-5-6-20-16-25-22(11-13-23-14-12-22)15-21(20)19-9-7-18(8-10-19)17(2)24/h3-10,15,23H,1,11-14,16H2,2H3/b5-4-,20-6+. The van der Waals surface area contributed by atoms with Gasteiger partial charge in [-0.15, -0.1) is 0 Å². The van der Waals surface area contributed by atoms with E-state index < -0.39 is 0 Å². The fourth-order valence-electron chi connectivity index (χ4n) is 3.38. The van der Waals surface area contributed by atoms with E-state index >= 15 is 0 Å². The van der Waals surface area contributed by atoms with Crippen molar-refractivity contribution in [1.29, 1.82) is 0 Å². The summed E-state index contributed by atoms with van der Waals surface area (Å²) in [5.74, 6) is 0.0898. The van der Waals surface area contributed by atoms with Crippen LogP contribution in [0.4, 0.5) is 0 Å². The van der Waals surface area contributed by atoms with Crippen LogP contribution in [0.5, 0.6) is 0 Å². The zero-order valence-electron chi connectivity index (χ0n) is 14.8. The van der Waals surface area contributed by atoms with Crippen molar-refractivity contribution in [2.45, 2.75) is 25.4 Å². The van der Waals surface area contributed by atoms with Crippen molar-refractivity contribution in [3.05, 3.63) is 77.9 Å². The van der Waals surface area contributed by atoms with E-state index in [2.05, 4.69) is 24.0 Å². The maximum Gasteiger partial charge on any atom is 0.159 e. The van der Waals surface area contributed by atoms with E-state index in [-0.39, 0.29) is 11.4 Å². The first-order valence-corrected chi connectivity index (χ1v) is 8.81. The van der Waals surface area contributed by atoms with Gasteiger partial charge in [-0.3, -0.25) is 4.79 Å². The Labute approximate surface area is 149 Å².